The standard InChI is InChI=1S/C24H31NO5/c1-16(19-12-13-21(28-7)20(26)14-19)25-29-15-17-8-10-18(11-9-17)22(27)30-24(5,6)23(2,3)4/h8-14,26H,15H2,1-7H3/b25-16+. The van der Waals surface area contributed by atoms with Crippen LogP contribution in [0.3, 0.4) is 0 Å². The first kappa shape index (κ1) is 23.3. The fourth-order valence-corrected chi connectivity index (χ4v) is 2.35. The van der Waals surface area contributed by atoms with Gasteiger partial charge in [-0.25, -0.2) is 4.79 Å². The average Bonchev–Trinajstić information content (AvgIpc) is 2.67. The predicted molar refractivity (Wildman–Crippen MR) is 117 cm³/mol. The summed E-state index contributed by atoms with van der Waals surface area (Å²) in [4.78, 5) is 17.9. The molecule has 0 aliphatic heterocycles. The Labute approximate surface area is 178 Å². The number of ether oxygens (including phenoxy) is 2. The Bertz CT molecular complexity index is 908. The second-order valence-electron chi connectivity index (χ2n) is 8.68. The highest BCUT2D eigenvalue weighted by atomic mass is 16.6. The first-order chi connectivity index (χ1) is 13.9. The summed E-state index contributed by atoms with van der Waals surface area (Å²) in [6, 6.07) is 12.1. The second-order valence-corrected chi connectivity index (χ2v) is 8.68. The monoisotopic (exact) mass is 413 g/mol. The quantitative estimate of drug-likeness (QED) is 0.377. The molecule has 6 heteroatoms. The van der Waals surface area contributed by atoms with Crippen molar-refractivity contribution >= 4 is 11.7 Å². The number of phenolic OH excluding ortho intramolecular Hbond substituents is 1. The van der Waals surface area contributed by atoms with Gasteiger partial charge in [-0.05, 0) is 56.7 Å². The van der Waals surface area contributed by atoms with E-state index < -0.39 is 5.60 Å². The van der Waals surface area contributed by atoms with Crippen molar-refractivity contribution in [2.24, 2.45) is 10.6 Å². The van der Waals surface area contributed by atoms with Gasteiger partial charge in [-0.15, -0.1) is 0 Å². The molecule has 2 aromatic carbocycles. The summed E-state index contributed by atoms with van der Waals surface area (Å²) in [5.41, 5.74) is 1.95. The number of aromatic hydroxyl groups is 1. The van der Waals surface area contributed by atoms with Gasteiger partial charge >= 0.3 is 5.97 Å². The third kappa shape index (κ3) is 5.75. The Balaban J connectivity index is 1.97. The van der Waals surface area contributed by atoms with Crippen LogP contribution in [0.4, 0.5) is 0 Å². The number of oxime groups is 1. The molecule has 162 valence electrons. The van der Waals surface area contributed by atoms with Gasteiger partial charge in [0, 0.05) is 11.0 Å². The van der Waals surface area contributed by atoms with Gasteiger partial charge in [-0.1, -0.05) is 38.1 Å². The lowest BCUT2D eigenvalue weighted by molar-refractivity contribution is -0.0551. The minimum Gasteiger partial charge on any atom is -0.504 e. The molecule has 0 bridgehead atoms. The second kappa shape index (κ2) is 9.20. The molecule has 0 saturated heterocycles. The van der Waals surface area contributed by atoms with Crippen LogP contribution >= 0.6 is 0 Å². The smallest absolute Gasteiger partial charge is 0.338 e. The van der Waals surface area contributed by atoms with Crippen molar-refractivity contribution in [1.82, 2.24) is 0 Å². The lowest BCUT2D eigenvalue weighted by Gasteiger charge is -2.38. The SMILES string of the molecule is COc1ccc(/C(C)=N/OCc2ccc(C(=O)OC(C)(C)C(C)(C)C)cc2)cc1O. The number of rotatable bonds is 7. The number of hydrogen-bond donors (Lipinski definition) is 1. The molecule has 0 radical (unpaired) electrons. The van der Waals surface area contributed by atoms with Crippen molar-refractivity contribution in [1.29, 1.82) is 0 Å². The molecule has 0 unspecified atom stereocenters. The van der Waals surface area contributed by atoms with E-state index in [4.69, 9.17) is 14.3 Å². The Morgan fingerprint density at radius 2 is 1.60 bits per heavy atom. The number of methoxy groups -OCH3 is 1. The number of carbonyl (C=O) groups excluding carboxylic acids is 1. The summed E-state index contributed by atoms with van der Waals surface area (Å²) in [7, 11) is 1.50. The number of nitrogens with zero attached hydrogens (tertiary/aromatic N) is 1. The fourth-order valence-electron chi connectivity index (χ4n) is 2.35. The van der Waals surface area contributed by atoms with Crippen molar-refractivity contribution in [3.05, 3.63) is 59.2 Å². The largest absolute Gasteiger partial charge is 0.504 e. The van der Waals surface area contributed by atoms with E-state index in [0.717, 1.165) is 11.1 Å². The van der Waals surface area contributed by atoms with Crippen LogP contribution in [0.25, 0.3) is 0 Å². The molecule has 2 aromatic rings. The van der Waals surface area contributed by atoms with Crippen molar-refractivity contribution in [3.63, 3.8) is 0 Å². The molecule has 0 saturated carbocycles. The Hall–Kier alpha value is -3.02. The number of benzene rings is 2. The zero-order valence-electron chi connectivity index (χ0n) is 18.8. The van der Waals surface area contributed by atoms with Gasteiger partial charge < -0.3 is 19.4 Å². The molecule has 2 rings (SSSR count). The van der Waals surface area contributed by atoms with E-state index in [2.05, 4.69) is 5.16 Å². The van der Waals surface area contributed by atoms with Crippen LogP contribution in [0.5, 0.6) is 11.5 Å². The van der Waals surface area contributed by atoms with Crippen LogP contribution in [0.1, 0.15) is 63.0 Å². The van der Waals surface area contributed by atoms with Gasteiger partial charge in [-0.3, -0.25) is 0 Å². The molecule has 30 heavy (non-hydrogen) atoms. The van der Waals surface area contributed by atoms with Crippen molar-refractivity contribution in [2.75, 3.05) is 7.11 Å². The molecule has 0 aliphatic rings. The number of hydrogen-bond acceptors (Lipinski definition) is 6. The first-order valence-corrected chi connectivity index (χ1v) is 9.81. The topological polar surface area (TPSA) is 77.4 Å². The highest BCUT2D eigenvalue weighted by molar-refractivity contribution is 5.98. The van der Waals surface area contributed by atoms with Crippen molar-refractivity contribution < 1.29 is 24.2 Å². The lowest BCUT2D eigenvalue weighted by Crippen LogP contribution is -2.41. The van der Waals surface area contributed by atoms with E-state index in [1.807, 2.05) is 46.8 Å². The third-order valence-corrected chi connectivity index (χ3v) is 5.37. The highest BCUT2D eigenvalue weighted by Gasteiger charge is 2.36. The fraction of sp³-hybridized carbons (Fsp3) is 0.417. The molecule has 0 heterocycles. The Morgan fingerprint density at radius 3 is 2.13 bits per heavy atom. The molecule has 0 aliphatic carbocycles. The van der Waals surface area contributed by atoms with Crippen LogP contribution in [0, 0.1) is 5.41 Å². The van der Waals surface area contributed by atoms with Crippen LogP contribution in [0.2, 0.25) is 0 Å². The van der Waals surface area contributed by atoms with Crippen molar-refractivity contribution in [2.45, 2.75) is 53.8 Å². The minimum absolute atomic E-state index is 0.0432. The van der Waals surface area contributed by atoms with E-state index in [1.165, 1.54) is 7.11 Å². The van der Waals surface area contributed by atoms with E-state index in [-0.39, 0.29) is 23.7 Å². The highest BCUT2D eigenvalue weighted by Crippen LogP contribution is 2.33. The molecule has 0 amide bonds. The van der Waals surface area contributed by atoms with Gasteiger partial charge in [0.15, 0.2) is 11.5 Å². The van der Waals surface area contributed by atoms with E-state index in [1.54, 1.807) is 37.3 Å². The zero-order chi connectivity index (χ0) is 22.5. The van der Waals surface area contributed by atoms with Gasteiger partial charge in [0.2, 0.25) is 0 Å². The summed E-state index contributed by atoms with van der Waals surface area (Å²) in [6.45, 7) is 12.0. The first-order valence-electron chi connectivity index (χ1n) is 9.81. The molecule has 0 spiro atoms. The Morgan fingerprint density at radius 1 is 1.00 bits per heavy atom. The maximum Gasteiger partial charge on any atom is 0.338 e. The maximum absolute atomic E-state index is 12.4. The summed E-state index contributed by atoms with van der Waals surface area (Å²) < 4.78 is 10.7. The normalized spacial score (nSPS) is 12.4. The van der Waals surface area contributed by atoms with Gasteiger partial charge in [0.25, 0.3) is 0 Å². The van der Waals surface area contributed by atoms with E-state index in [0.29, 0.717) is 17.0 Å². The van der Waals surface area contributed by atoms with Crippen molar-refractivity contribution in [3.8, 4) is 11.5 Å². The molecule has 0 fully saturated rings. The van der Waals surface area contributed by atoms with E-state index in [9.17, 15) is 9.90 Å². The lowest BCUT2D eigenvalue weighted by atomic mass is 9.79. The summed E-state index contributed by atoms with van der Waals surface area (Å²) in [6.07, 6.45) is 0. The van der Waals surface area contributed by atoms with Gasteiger partial charge in [0.05, 0.1) is 18.4 Å². The summed E-state index contributed by atoms with van der Waals surface area (Å²) >= 11 is 0. The Kier molecular flexibility index (Phi) is 7.13. The summed E-state index contributed by atoms with van der Waals surface area (Å²) in [5, 5.41) is 14.0. The van der Waals surface area contributed by atoms with Crippen LogP contribution in [0.15, 0.2) is 47.6 Å². The maximum atomic E-state index is 12.4. The van der Waals surface area contributed by atoms with E-state index >= 15 is 0 Å². The molecule has 6 nitrogen and oxygen atoms in total. The van der Waals surface area contributed by atoms with Crippen LogP contribution in [-0.4, -0.2) is 29.5 Å². The summed E-state index contributed by atoms with van der Waals surface area (Å²) in [5.74, 6) is 0.0919. The van der Waals surface area contributed by atoms with Crippen LogP contribution in [-0.2, 0) is 16.2 Å². The predicted octanol–water partition coefficient (Wildman–Crippen LogP) is 5.32. The average molecular weight is 414 g/mol. The number of carbonyl (C=O) groups is 1. The number of esters is 1. The molecule has 1 N–H and O–H groups in total. The van der Waals surface area contributed by atoms with Crippen LogP contribution < -0.4 is 4.74 Å². The third-order valence-electron chi connectivity index (χ3n) is 5.37. The van der Waals surface area contributed by atoms with Gasteiger partial charge in [0.1, 0.15) is 12.2 Å². The zero-order valence-corrected chi connectivity index (χ0v) is 18.8. The molecule has 0 aromatic heterocycles. The number of phenols is 1. The minimum atomic E-state index is -0.589. The molecule has 0 atom stereocenters. The molecular formula is C24H31NO5. The van der Waals surface area contributed by atoms with Gasteiger partial charge in [-0.2, -0.15) is 0 Å². The molecular weight excluding hydrogens is 382 g/mol.